The molecule has 1 saturated carbocycles. The fourth-order valence-electron chi connectivity index (χ4n) is 2.23. The highest BCUT2D eigenvalue weighted by Crippen LogP contribution is 2.38. The first-order valence-corrected chi connectivity index (χ1v) is 7.38. The van der Waals surface area contributed by atoms with Gasteiger partial charge in [0.2, 0.25) is 5.91 Å². The molecule has 98 valence electrons. The molecule has 2 N–H and O–H groups in total. The highest BCUT2D eigenvalue weighted by Gasteiger charge is 2.41. The second kappa shape index (κ2) is 6.28. The Balaban J connectivity index is 2.54. The average Bonchev–Trinajstić information content (AvgIpc) is 2.29. The number of hydrogen-bond acceptors (Lipinski definition) is 3. The van der Waals surface area contributed by atoms with Crippen LogP contribution in [0.2, 0.25) is 0 Å². The molecular weight excluding hydrogens is 238 g/mol. The van der Waals surface area contributed by atoms with Crippen LogP contribution in [0, 0.1) is 11.3 Å². The van der Waals surface area contributed by atoms with E-state index in [0.717, 1.165) is 12.8 Å². The molecule has 0 aromatic rings. The highest BCUT2D eigenvalue weighted by molar-refractivity contribution is 7.99. The van der Waals surface area contributed by atoms with E-state index < -0.39 is 11.4 Å². The predicted octanol–water partition coefficient (Wildman–Crippen LogP) is 1.75. The molecule has 0 spiro atoms. The van der Waals surface area contributed by atoms with Gasteiger partial charge in [-0.2, -0.15) is 11.8 Å². The second-order valence-corrected chi connectivity index (χ2v) is 5.84. The number of thioether (sulfide) groups is 1. The molecule has 1 amide bonds. The molecule has 17 heavy (non-hydrogen) atoms. The highest BCUT2D eigenvalue weighted by atomic mass is 32.2. The van der Waals surface area contributed by atoms with Gasteiger partial charge in [-0.15, -0.1) is 0 Å². The van der Waals surface area contributed by atoms with Crippen LogP contribution < -0.4 is 5.32 Å². The van der Waals surface area contributed by atoms with Crippen molar-refractivity contribution in [2.45, 2.75) is 32.6 Å². The number of carbonyl (C=O) groups is 2. The van der Waals surface area contributed by atoms with E-state index in [0.29, 0.717) is 24.5 Å². The zero-order valence-corrected chi connectivity index (χ0v) is 11.3. The molecule has 0 bridgehead atoms. The van der Waals surface area contributed by atoms with E-state index in [1.807, 2.05) is 6.26 Å². The summed E-state index contributed by atoms with van der Waals surface area (Å²) in [6.45, 7) is 2.42. The number of carbonyl (C=O) groups excluding carboxylic acids is 1. The molecule has 0 aliphatic heterocycles. The van der Waals surface area contributed by atoms with Crippen molar-refractivity contribution in [1.29, 1.82) is 0 Å². The van der Waals surface area contributed by atoms with Crippen LogP contribution in [0.3, 0.4) is 0 Å². The van der Waals surface area contributed by atoms with Crippen molar-refractivity contribution in [2.75, 3.05) is 18.6 Å². The third kappa shape index (κ3) is 3.91. The minimum absolute atomic E-state index is 0.0725. The van der Waals surface area contributed by atoms with Crippen molar-refractivity contribution in [3.63, 3.8) is 0 Å². The van der Waals surface area contributed by atoms with Crippen LogP contribution in [0.4, 0.5) is 0 Å². The molecule has 0 saturated heterocycles. The molecule has 0 aromatic carbocycles. The summed E-state index contributed by atoms with van der Waals surface area (Å²) in [5.74, 6) is 0.154. The van der Waals surface area contributed by atoms with Crippen molar-refractivity contribution in [2.24, 2.45) is 11.3 Å². The SMILES string of the molecule is CSCC(=O)NCC1(C(=O)O)CCC(C)CC1. The third-order valence-electron chi connectivity index (χ3n) is 3.58. The van der Waals surface area contributed by atoms with E-state index in [9.17, 15) is 14.7 Å². The number of aliphatic carboxylic acids is 1. The molecule has 1 rings (SSSR count). The van der Waals surface area contributed by atoms with Crippen molar-refractivity contribution in [3.8, 4) is 0 Å². The first-order valence-electron chi connectivity index (χ1n) is 5.99. The minimum Gasteiger partial charge on any atom is -0.481 e. The van der Waals surface area contributed by atoms with Crippen LogP contribution in [0.15, 0.2) is 0 Å². The number of nitrogens with one attached hydrogen (secondary N) is 1. The van der Waals surface area contributed by atoms with Gasteiger partial charge in [0.15, 0.2) is 0 Å². The Morgan fingerprint density at radius 1 is 1.41 bits per heavy atom. The summed E-state index contributed by atoms with van der Waals surface area (Å²) in [5, 5.41) is 12.1. The monoisotopic (exact) mass is 259 g/mol. The average molecular weight is 259 g/mol. The summed E-state index contributed by atoms with van der Waals surface area (Å²) in [4.78, 5) is 22.8. The summed E-state index contributed by atoms with van der Waals surface area (Å²) in [7, 11) is 0. The number of carboxylic acid groups (broad SMARTS) is 1. The Hall–Kier alpha value is -0.710. The van der Waals surface area contributed by atoms with Crippen LogP contribution in [0.25, 0.3) is 0 Å². The van der Waals surface area contributed by atoms with E-state index in [1.54, 1.807) is 0 Å². The first-order chi connectivity index (χ1) is 8.00. The van der Waals surface area contributed by atoms with Crippen LogP contribution in [-0.2, 0) is 9.59 Å². The molecule has 5 heteroatoms. The van der Waals surface area contributed by atoms with Gasteiger partial charge in [-0.1, -0.05) is 6.92 Å². The summed E-state index contributed by atoms with van der Waals surface area (Å²) in [6.07, 6.45) is 5.07. The van der Waals surface area contributed by atoms with Gasteiger partial charge in [0.05, 0.1) is 11.2 Å². The minimum atomic E-state index is -0.770. The molecule has 0 unspecified atom stereocenters. The fraction of sp³-hybridized carbons (Fsp3) is 0.833. The van der Waals surface area contributed by atoms with Crippen LogP contribution in [0.1, 0.15) is 32.6 Å². The molecule has 0 heterocycles. The number of amides is 1. The maximum Gasteiger partial charge on any atom is 0.311 e. The van der Waals surface area contributed by atoms with Crippen LogP contribution >= 0.6 is 11.8 Å². The van der Waals surface area contributed by atoms with Gasteiger partial charge in [0.25, 0.3) is 0 Å². The molecular formula is C12H21NO3S. The molecule has 4 nitrogen and oxygen atoms in total. The first kappa shape index (κ1) is 14.4. The Bertz CT molecular complexity index is 285. The lowest BCUT2D eigenvalue weighted by Crippen LogP contribution is -2.45. The lowest BCUT2D eigenvalue weighted by atomic mass is 9.71. The van der Waals surface area contributed by atoms with Gasteiger partial charge in [-0.05, 0) is 37.9 Å². The zero-order chi connectivity index (χ0) is 12.9. The van der Waals surface area contributed by atoms with Gasteiger partial charge in [-0.25, -0.2) is 0 Å². The van der Waals surface area contributed by atoms with Gasteiger partial charge in [0, 0.05) is 6.54 Å². The summed E-state index contributed by atoms with van der Waals surface area (Å²) >= 11 is 1.44. The van der Waals surface area contributed by atoms with E-state index >= 15 is 0 Å². The molecule has 0 atom stereocenters. The topological polar surface area (TPSA) is 66.4 Å². The summed E-state index contributed by atoms with van der Waals surface area (Å²) < 4.78 is 0. The van der Waals surface area contributed by atoms with Gasteiger partial charge >= 0.3 is 5.97 Å². The molecule has 0 aromatic heterocycles. The van der Waals surface area contributed by atoms with Crippen molar-refractivity contribution in [1.82, 2.24) is 5.32 Å². The number of rotatable bonds is 5. The van der Waals surface area contributed by atoms with E-state index in [4.69, 9.17) is 0 Å². The maximum atomic E-state index is 11.4. The number of carboxylic acids is 1. The third-order valence-corrected chi connectivity index (χ3v) is 4.14. The Kier molecular flexibility index (Phi) is 5.31. The Morgan fingerprint density at radius 2 is 2.00 bits per heavy atom. The molecule has 0 radical (unpaired) electrons. The Morgan fingerprint density at radius 3 is 2.47 bits per heavy atom. The molecule has 1 aliphatic carbocycles. The Labute approximate surface area is 107 Å². The van der Waals surface area contributed by atoms with Crippen molar-refractivity contribution < 1.29 is 14.7 Å². The fourth-order valence-corrected chi connectivity index (χ4v) is 2.60. The normalized spacial score (nSPS) is 28.7. The number of hydrogen-bond donors (Lipinski definition) is 2. The lowest BCUT2D eigenvalue weighted by Gasteiger charge is -2.35. The van der Waals surface area contributed by atoms with Crippen molar-refractivity contribution in [3.05, 3.63) is 0 Å². The van der Waals surface area contributed by atoms with Gasteiger partial charge < -0.3 is 10.4 Å². The zero-order valence-electron chi connectivity index (χ0n) is 10.5. The maximum absolute atomic E-state index is 11.4. The standard InChI is InChI=1S/C12H21NO3S/c1-9-3-5-12(6-4-9,11(15)16)8-13-10(14)7-17-2/h9H,3-8H2,1-2H3,(H,13,14)(H,15,16). The predicted molar refractivity (Wildman–Crippen MR) is 69.1 cm³/mol. The summed E-state index contributed by atoms with van der Waals surface area (Å²) in [5.41, 5.74) is -0.736. The molecule has 1 fully saturated rings. The smallest absolute Gasteiger partial charge is 0.311 e. The summed E-state index contributed by atoms with van der Waals surface area (Å²) in [6, 6.07) is 0. The van der Waals surface area contributed by atoms with Crippen LogP contribution in [-0.4, -0.2) is 35.5 Å². The van der Waals surface area contributed by atoms with E-state index in [-0.39, 0.29) is 12.5 Å². The van der Waals surface area contributed by atoms with E-state index in [2.05, 4.69) is 12.2 Å². The largest absolute Gasteiger partial charge is 0.481 e. The molecule has 1 aliphatic rings. The van der Waals surface area contributed by atoms with Gasteiger partial charge in [0.1, 0.15) is 0 Å². The van der Waals surface area contributed by atoms with Crippen molar-refractivity contribution >= 4 is 23.6 Å². The lowest BCUT2D eigenvalue weighted by molar-refractivity contribution is -0.151. The van der Waals surface area contributed by atoms with Gasteiger partial charge in [-0.3, -0.25) is 9.59 Å². The second-order valence-electron chi connectivity index (χ2n) is 4.98. The quantitative estimate of drug-likeness (QED) is 0.789. The van der Waals surface area contributed by atoms with Crippen LogP contribution in [0.5, 0.6) is 0 Å². The van der Waals surface area contributed by atoms with E-state index in [1.165, 1.54) is 11.8 Å².